The zero-order valence-corrected chi connectivity index (χ0v) is 11.9. The lowest BCUT2D eigenvalue weighted by molar-refractivity contribution is 0.0413. The van der Waals surface area contributed by atoms with Crippen LogP contribution in [0.15, 0.2) is 12.1 Å². The van der Waals surface area contributed by atoms with Crippen LogP contribution >= 0.6 is 0 Å². The molecule has 1 aliphatic heterocycles. The maximum atomic E-state index is 13.4. The SMILES string of the molecule is CC1CN(C(=O)c2cc(F)c(N)c(F)c2)CC(C)N1C. The lowest BCUT2D eigenvalue weighted by Crippen LogP contribution is -2.56. The molecule has 2 unspecified atom stereocenters. The fourth-order valence-electron chi connectivity index (χ4n) is 2.46. The highest BCUT2D eigenvalue weighted by Crippen LogP contribution is 2.21. The second-order valence-electron chi connectivity index (χ2n) is 5.43. The zero-order valence-electron chi connectivity index (χ0n) is 11.9. The smallest absolute Gasteiger partial charge is 0.254 e. The third-order valence-corrected chi connectivity index (χ3v) is 3.97. The molecule has 2 atom stereocenters. The van der Waals surface area contributed by atoms with Crippen LogP contribution in [0.3, 0.4) is 0 Å². The van der Waals surface area contributed by atoms with Gasteiger partial charge in [-0.1, -0.05) is 0 Å². The number of nitrogen functional groups attached to an aromatic ring is 1. The number of rotatable bonds is 1. The third kappa shape index (κ3) is 2.60. The molecule has 2 rings (SSSR count). The standard InChI is InChI=1S/C14H19F2N3O/c1-8-6-19(7-9(2)18(8)3)14(20)10-4-11(15)13(17)12(16)5-10/h4-5,8-9H,6-7,17H2,1-3H3. The quantitative estimate of drug-likeness (QED) is 0.798. The summed E-state index contributed by atoms with van der Waals surface area (Å²) in [4.78, 5) is 16.1. The molecule has 1 amide bonds. The van der Waals surface area contributed by atoms with Gasteiger partial charge in [-0.3, -0.25) is 9.69 Å². The van der Waals surface area contributed by atoms with E-state index in [1.807, 2.05) is 20.9 Å². The minimum absolute atomic E-state index is 0.00171. The molecular weight excluding hydrogens is 264 g/mol. The Bertz CT molecular complexity index is 500. The van der Waals surface area contributed by atoms with Gasteiger partial charge < -0.3 is 10.6 Å². The largest absolute Gasteiger partial charge is 0.394 e. The summed E-state index contributed by atoms with van der Waals surface area (Å²) in [6, 6.07) is 2.39. The van der Waals surface area contributed by atoms with Crippen LogP contribution in [0.1, 0.15) is 24.2 Å². The van der Waals surface area contributed by atoms with E-state index in [4.69, 9.17) is 5.73 Å². The number of halogens is 2. The molecule has 0 spiro atoms. The van der Waals surface area contributed by atoms with Crippen molar-refractivity contribution in [3.8, 4) is 0 Å². The summed E-state index contributed by atoms with van der Waals surface area (Å²) < 4.78 is 26.9. The van der Waals surface area contributed by atoms with E-state index in [1.54, 1.807) is 4.90 Å². The van der Waals surface area contributed by atoms with Crippen LogP contribution in [0.2, 0.25) is 0 Å². The van der Waals surface area contributed by atoms with Gasteiger partial charge in [0.25, 0.3) is 5.91 Å². The van der Waals surface area contributed by atoms with Crippen LogP contribution < -0.4 is 5.73 Å². The van der Waals surface area contributed by atoms with Gasteiger partial charge in [0.15, 0.2) is 0 Å². The molecule has 0 saturated carbocycles. The molecule has 0 aromatic heterocycles. The lowest BCUT2D eigenvalue weighted by atomic mass is 10.1. The molecule has 0 radical (unpaired) electrons. The second kappa shape index (κ2) is 5.36. The van der Waals surface area contributed by atoms with Gasteiger partial charge in [0.2, 0.25) is 0 Å². The van der Waals surface area contributed by atoms with Crippen LogP contribution in [-0.4, -0.2) is 47.9 Å². The Hall–Kier alpha value is -1.69. The van der Waals surface area contributed by atoms with Crippen molar-refractivity contribution in [2.75, 3.05) is 25.9 Å². The van der Waals surface area contributed by atoms with Gasteiger partial charge in [-0.25, -0.2) is 8.78 Å². The minimum Gasteiger partial charge on any atom is -0.394 e. The minimum atomic E-state index is -0.899. The highest BCUT2D eigenvalue weighted by atomic mass is 19.1. The summed E-state index contributed by atoms with van der Waals surface area (Å²) in [5.41, 5.74) is 4.65. The number of likely N-dealkylation sites (N-methyl/N-ethyl adjacent to an activating group) is 1. The van der Waals surface area contributed by atoms with Crippen molar-refractivity contribution in [1.29, 1.82) is 0 Å². The summed E-state index contributed by atoms with van der Waals surface area (Å²) in [6.07, 6.45) is 0. The Balaban J connectivity index is 2.24. The number of amides is 1. The van der Waals surface area contributed by atoms with Crippen molar-refractivity contribution < 1.29 is 13.6 Å². The highest BCUT2D eigenvalue weighted by Gasteiger charge is 2.30. The first-order valence-corrected chi connectivity index (χ1v) is 6.57. The predicted octanol–water partition coefficient (Wildman–Crippen LogP) is 1.71. The molecule has 2 N–H and O–H groups in total. The number of hydrogen-bond donors (Lipinski definition) is 1. The number of nitrogens with zero attached hydrogens (tertiary/aromatic N) is 2. The molecule has 1 saturated heterocycles. The molecule has 0 bridgehead atoms. The molecular formula is C14H19F2N3O. The fraction of sp³-hybridized carbons (Fsp3) is 0.500. The van der Waals surface area contributed by atoms with E-state index in [9.17, 15) is 13.6 Å². The maximum absolute atomic E-state index is 13.4. The first-order chi connectivity index (χ1) is 9.31. The maximum Gasteiger partial charge on any atom is 0.254 e. The van der Waals surface area contributed by atoms with Crippen LogP contribution in [0, 0.1) is 11.6 Å². The molecule has 1 aliphatic rings. The van der Waals surface area contributed by atoms with E-state index in [-0.39, 0.29) is 23.6 Å². The van der Waals surface area contributed by atoms with Gasteiger partial charge in [-0.05, 0) is 33.0 Å². The number of carbonyl (C=O) groups excluding carboxylic acids is 1. The predicted molar refractivity (Wildman–Crippen MR) is 73.4 cm³/mol. The fourth-order valence-corrected chi connectivity index (χ4v) is 2.46. The Kier molecular flexibility index (Phi) is 3.94. The van der Waals surface area contributed by atoms with Crippen molar-refractivity contribution in [3.05, 3.63) is 29.3 Å². The Morgan fingerprint density at radius 3 is 2.10 bits per heavy atom. The van der Waals surface area contributed by atoms with E-state index >= 15 is 0 Å². The molecule has 0 aliphatic carbocycles. The number of nitrogens with two attached hydrogens (primary N) is 1. The zero-order chi connectivity index (χ0) is 15.0. The Labute approximate surface area is 117 Å². The molecule has 20 heavy (non-hydrogen) atoms. The first kappa shape index (κ1) is 14.7. The third-order valence-electron chi connectivity index (χ3n) is 3.97. The number of anilines is 1. The second-order valence-corrected chi connectivity index (χ2v) is 5.43. The normalized spacial score (nSPS) is 23.9. The van der Waals surface area contributed by atoms with Gasteiger partial charge >= 0.3 is 0 Å². The Morgan fingerprint density at radius 2 is 1.65 bits per heavy atom. The lowest BCUT2D eigenvalue weighted by Gasteiger charge is -2.42. The summed E-state index contributed by atoms with van der Waals surface area (Å²) in [5.74, 6) is -2.17. The molecule has 1 fully saturated rings. The van der Waals surface area contributed by atoms with Crippen LogP contribution in [0.4, 0.5) is 14.5 Å². The molecule has 6 heteroatoms. The summed E-state index contributed by atoms with van der Waals surface area (Å²) in [5, 5.41) is 0. The average Bonchev–Trinajstić information content (AvgIpc) is 2.40. The molecule has 1 aromatic rings. The van der Waals surface area contributed by atoms with Gasteiger partial charge in [0.05, 0.1) is 0 Å². The van der Waals surface area contributed by atoms with Crippen LogP contribution in [0.5, 0.6) is 0 Å². The number of piperazine rings is 1. The van der Waals surface area contributed by atoms with E-state index in [1.165, 1.54) is 0 Å². The van der Waals surface area contributed by atoms with Crippen molar-refractivity contribution in [2.45, 2.75) is 25.9 Å². The van der Waals surface area contributed by atoms with Crippen molar-refractivity contribution >= 4 is 11.6 Å². The Morgan fingerprint density at radius 1 is 1.20 bits per heavy atom. The summed E-state index contributed by atoms with van der Waals surface area (Å²) in [6.45, 7) is 5.10. The van der Waals surface area contributed by atoms with Gasteiger partial charge in [-0.15, -0.1) is 0 Å². The van der Waals surface area contributed by atoms with E-state index in [2.05, 4.69) is 4.90 Å². The summed E-state index contributed by atoms with van der Waals surface area (Å²) >= 11 is 0. The van der Waals surface area contributed by atoms with E-state index in [0.717, 1.165) is 12.1 Å². The van der Waals surface area contributed by atoms with E-state index in [0.29, 0.717) is 13.1 Å². The number of hydrogen-bond acceptors (Lipinski definition) is 3. The molecule has 4 nitrogen and oxygen atoms in total. The van der Waals surface area contributed by atoms with Gasteiger partial charge in [0.1, 0.15) is 17.3 Å². The summed E-state index contributed by atoms with van der Waals surface area (Å²) in [7, 11) is 2.00. The van der Waals surface area contributed by atoms with Gasteiger partial charge in [0, 0.05) is 30.7 Å². The number of benzene rings is 1. The van der Waals surface area contributed by atoms with Gasteiger partial charge in [-0.2, -0.15) is 0 Å². The van der Waals surface area contributed by atoms with Crippen molar-refractivity contribution in [2.24, 2.45) is 0 Å². The first-order valence-electron chi connectivity index (χ1n) is 6.57. The number of carbonyl (C=O) groups is 1. The van der Waals surface area contributed by atoms with Crippen LogP contribution in [-0.2, 0) is 0 Å². The molecule has 110 valence electrons. The van der Waals surface area contributed by atoms with Crippen molar-refractivity contribution in [1.82, 2.24) is 9.80 Å². The van der Waals surface area contributed by atoms with E-state index < -0.39 is 17.3 Å². The molecule has 1 aromatic carbocycles. The molecule has 1 heterocycles. The van der Waals surface area contributed by atoms with Crippen molar-refractivity contribution in [3.63, 3.8) is 0 Å². The van der Waals surface area contributed by atoms with Crippen LogP contribution in [0.25, 0.3) is 0 Å². The highest BCUT2D eigenvalue weighted by molar-refractivity contribution is 5.94. The average molecular weight is 283 g/mol. The topological polar surface area (TPSA) is 49.6 Å². The monoisotopic (exact) mass is 283 g/mol.